The van der Waals surface area contributed by atoms with Gasteiger partial charge >= 0.3 is 0 Å². The Morgan fingerprint density at radius 3 is 3.00 bits per heavy atom. The van der Waals surface area contributed by atoms with Gasteiger partial charge in [-0.25, -0.2) is 0 Å². The summed E-state index contributed by atoms with van der Waals surface area (Å²) in [6.45, 7) is 2.03. The van der Waals surface area contributed by atoms with E-state index in [0.717, 1.165) is 18.4 Å². The molecule has 0 amide bonds. The molecule has 70 valence electrons. The maximum Gasteiger partial charge on any atom is 0.119 e. The number of phenolic OH excluding ortho intramolecular Hbond substituents is 1. The molecule has 0 bridgehead atoms. The Kier molecular flexibility index (Phi) is 2.00. The van der Waals surface area contributed by atoms with E-state index in [0.29, 0.717) is 11.7 Å². The number of benzene rings is 1. The van der Waals surface area contributed by atoms with E-state index >= 15 is 0 Å². The van der Waals surface area contributed by atoms with Crippen molar-refractivity contribution in [3.05, 3.63) is 29.3 Å². The quantitative estimate of drug-likeness (QED) is 0.686. The number of rotatable bonds is 1. The minimum Gasteiger partial charge on any atom is -0.508 e. The van der Waals surface area contributed by atoms with Crippen molar-refractivity contribution in [3.8, 4) is 5.75 Å². The summed E-state index contributed by atoms with van der Waals surface area (Å²) in [5, 5.41) is 9.59. The van der Waals surface area contributed by atoms with Gasteiger partial charge in [0.2, 0.25) is 0 Å². The molecular formula is C11H15NO. The third kappa shape index (κ3) is 1.31. The smallest absolute Gasteiger partial charge is 0.119 e. The Morgan fingerprint density at radius 1 is 1.54 bits per heavy atom. The lowest BCUT2D eigenvalue weighted by molar-refractivity contribution is 0.469. The molecule has 2 atom stereocenters. The number of phenols is 1. The Hall–Kier alpha value is -1.02. The first-order valence-electron chi connectivity index (χ1n) is 4.76. The highest BCUT2D eigenvalue weighted by molar-refractivity contribution is 5.44. The van der Waals surface area contributed by atoms with Crippen molar-refractivity contribution in [3.63, 3.8) is 0 Å². The van der Waals surface area contributed by atoms with Gasteiger partial charge in [-0.2, -0.15) is 0 Å². The second-order valence-electron chi connectivity index (χ2n) is 3.85. The van der Waals surface area contributed by atoms with Gasteiger partial charge in [0.05, 0.1) is 0 Å². The van der Waals surface area contributed by atoms with Crippen molar-refractivity contribution in [2.45, 2.75) is 31.7 Å². The van der Waals surface area contributed by atoms with E-state index < -0.39 is 0 Å². The molecular weight excluding hydrogens is 162 g/mol. The van der Waals surface area contributed by atoms with E-state index in [9.17, 15) is 5.11 Å². The van der Waals surface area contributed by atoms with Crippen LogP contribution in [0.1, 0.15) is 30.4 Å². The van der Waals surface area contributed by atoms with Gasteiger partial charge in [0.15, 0.2) is 0 Å². The molecule has 0 saturated carbocycles. The first-order valence-corrected chi connectivity index (χ1v) is 4.76. The molecule has 0 spiro atoms. The van der Waals surface area contributed by atoms with Crippen LogP contribution in [0.15, 0.2) is 18.2 Å². The summed E-state index contributed by atoms with van der Waals surface area (Å²) in [5.41, 5.74) is 8.23. The highest BCUT2D eigenvalue weighted by atomic mass is 16.3. The molecule has 2 unspecified atom stereocenters. The molecule has 1 aliphatic carbocycles. The van der Waals surface area contributed by atoms with Gasteiger partial charge in [0.1, 0.15) is 5.75 Å². The predicted octanol–water partition coefficient (Wildman–Crippen LogP) is 1.77. The van der Waals surface area contributed by atoms with Crippen LogP contribution in [0, 0.1) is 0 Å². The first kappa shape index (κ1) is 8.57. The van der Waals surface area contributed by atoms with Crippen molar-refractivity contribution in [1.82, 2.24) is 0 Å². The zero-order chi connectivity index (χ0) is 9.42. The summed E-state index contributed by atoms with van der Waals surface area (Å²) in [7, 11) is 0. The van der Waals surface area contributed by atoms with Gasteiger partial charge in [-0.3, -0.25) is 0 Å². The molecule has 1 aliphatic rings. The maximum absolute atomic E-state index is 9.59. The van der Waals surface area contributed by atoms with Crippen molar-refractivity contribution < 1.29 is 5.11 Å². The van der Waals surface area contributed by atoms with E-state index in [2.05, 4.69) is 6.07 Å². The summed E-state index contributed by atoms with van der Waals surface area (Å²) in [6.07, 6.45) is 2.04. The van der Waals surface area contributed by atoms with Crippen LogP contribution in [-0.2, 0) is 6.42 Å². The molecule has 1 aromatic carbocycles. The summed E-state index contributed by atoms with van der Waals surface area (Å²) < 4.78 is 0. The number of aromatic hydroxyl groups is 1. The van der Waals surface area contributed by atoms with Crippen LogP contribution in [0.4, 0.5) is 0 Å². The first-order chi connectivity index (χ1) is 6.20. The summed E-state index contributed by atoms with van der Waals surface area (Å²) in [5.74, 6) is 0.864. The maximum atomic E-state index is 9.59. The van der Waals surface area contributed by atoms with E-state index in [-0.39, 0.29) is 6.04 Å². The Morgan fingerprint density at radius 2 is 2.31 bits per heavy atom. The number of nitrogens with two attached hydrogens (primary N) is 1. The second kappa shape index (κ2) is 3.04. The average molecular weight is 177 g/mol. The van der Waals surface area contributed by atoms with Crippen LogP contribution in [-0.4, -0.2) is 11.1 Å². The average Bonchev–Trinajstić information content (AvgIpc) is 2.48. The van der Waals surface area contributed by atoms with Crippen molar-refractivity contribution >= 4 is 0 Å². The van der Waals surface area contributed by atoms with Gasteiger partial charge in [0, 0.05) is 6.04 Å². The van der Waals surface area contributed by atoms with E-state index in [4.69, 9.17) is 5.73 Å². The molecule has 0 saturated heterocycles. The highest BCUT2D eigenvalue weighted by Crippen LogP contribution is 2.38. The lowest BCUT2D eigenvalue weighted by Gasteiger charge is -2.15. The molecule has 0 aliphatic heterocycles. The van der Waals surface area contributed by atoms with Crippen LogP contribution >= 0.6 is 0 Å². The fourth-order valence-electron chi connectivity index (χ4n) is 2.21. The van der Waals surface area contributed by atoms with Crippen molar-refractivity contribution in [1.29, 1.82) is 0 Å². The van der Waals surface area contributed by atoms with Crippen LogP contribution in [0.3, 0.4) is 0 Å². The fraction of sp³-hybridized carbons (Fsp3) is 0.455. The third-order valence-corrected chi connectivity index (χ3v) is 2.93. The lowest BCUT2D eigenvalue weighted by Crippen LogP contribution is -2.22. The summed E-state index contributed by atoms with van der Waals surface area (Å²) in [6, 6.07) is 5.91. The molecule has 2 heteroatoms. The molecule has 0 aromatic heterocycles. The molecule has 2 nitrogen and oxygen atoms in total. The number of hydrogen-bond acceptors (Lipinski definition) is 2. The van der Waals surface area contributed by atoms with E-state index in [1.807, 2.05) is 13.0 Å². The molecule has 0 heterocycles. The monoisotopic (exact) mass is 177 g/mol. The minimum atomic E-state index is 0.183. The summed E-state index contributed by atoms with van der Waals surface area (Å²) in [4.78, 5) is 0. The topological polar surface area (TPSA) is 46.2 Å². The van der Waals surface area contributed by atoms with Gasteiger partial charge in [0.25, 0.3) is 0 Å². The Labute approximate surface area is 78.4 Å². The third-order valence-electron chi connectivity index (χ3n) is 2.93. The standard InChI is InChI=1S/C11H15NO/c1-7(12)8-5-6-10-9(8)3-2-4-11(10)13/h2-4,7-8,13H,5-6,12H2,1H3. The molecule has 3 N–H and O–H groups in total. The SMILES string of the molecule is CC(N)C1CCc2c(O)cccc21. The van der Waals surface area contributed by atoms with Crippen LogP contribution in [0.5, 0.6) is 5.75 Å². The normalized spacial score (nSPS) is 22.8. The van der Waals surface area contributed by atoms with Gasteiger partial charge in [-0.15, -0.1) is 0 Å². The zero-order valence-corrected chi connectivity index (χ0v) is 7.83. The van der Waals surface area contributed by atoms with Crippen molar-refractivity contribution in [2.75, 3.05) is 0 Å². The number of hydrogen-bond donors (Lipinski definition) is 2. The number of fused-ring (bicyclic) bond motifs is 1. The van der Waals surface area contributed by atoms with Crippen LogP contribution < -0.4 is 5.73 Å². The van der Waals surface area contributed by atoms with Crippen molar-refractivity contribution in [2.24, 2.45) is 5.73 Å². The molecule has 2 rings (SSSR count). The van der Waals surface area contributed by atoms with Crippen LogP contribution in [0.2, 0.25) is 0 Å². The zero-order valence-electron chi connectivity index (χ0n) is 7.83. The highest BCUT2D eigenvalue weighted by Gasteiger charge is 2.26. The molecule has 0 radical (unpaired) electrons. The summed E-state index contributed by atoms with van der Waals surface area (Å²) >= 11 is 0. The second-order valence-corrected chi connectivity index (χ2v) is 3.85. The van der Waals surface area contributed by atoms with Gasteiger partial charge in [-0.05, 0) is 42.9 Å². The lowest BCUT2D eigenvalue weighted by atomic mass is 9.95. The molecule has 0 fully saturated rings. The Bertz CT molecular complexity index is 320. The van der Waals surface area contributed by atoms with Gasteiger partial charge in [-0.1, -0.05) is 12.1 Å². The van der Waals surface area contributed by atoms with Gasteiger partial charge < -0.3 is 10.8 Å². The van der Waals surface area contributed by atoms with E-state index in [1.165, 1.54) is 5.56 Å². The Balaban J connectivity index is 2.43. The minimum absolute atomic E-state index is 0.183. The van der Waals surface area contributed by atoms with Crippen LogP contribution in [0.25, 0.3) is 0 Å². The van der Waals surface area contributed by atoms with E-state index in [1.54, 1.807) is 6.07 Å². The molecule has 1 aromatic rings. The molecule has 13 heavy (non-hydrogen) atoms. The predicted molar refractivity (Wildman–Crippen MR) is 52.8 cm³/mol. The fourth-order valence-corrected chi connectivity index (χ4v) is 2.21. The largest absolute Gasteiger partial charge is 0.508 e.